The molecule has 1 aromatic heterocycles. The van der Waals surface area contributed by atoms with Gasteiger partial charge in [0.2, 0.25) is 23.2 Å². The number of rotatable bonds is 5. The maximum absolute atomic E-state index is 15.0. The molecule has 0 radical (unpaired) electrons. The van der Waals surface area contributed by atoms with Crippen molar-refractivity contribution in [3.63, 3.8) is 0 Å². The molecule has 2 heterocycles. The van der Waals surface area contributed by atoms with Crippen LogP contribution in [0, 0.1) is 5.82 Å². The molecule has 1 aliphatic rings. The van der Waals surface area contributed by atoms with Crippen molar-refractivity contribution < 1.29 is 13.9 Å². The van der Waals surface area contributed by atoms with Gasteiger partial charge in [0, 0.05) is 17.7 Å². The van der Waals surface area contributed by atoms with Crippen molar-refractivity contribution in [2.45, 2.75) is 38.1 Å². The second kappa shape index (κ2) is 9.20. The highest BCUT2D eigenvalue weighted by atomic mass is 35.5. The number of carbonyl (C=O) groups excluding carboxylic acids is 1. The molecule has 0 saturated carbocycles. The molecule has 9 heteroatoms. The largest absolute Gasteiger partial charge is 0.447 e. The van der Waals surface area contributed by atoms with Crippen LogP contribution in [0.1, 0.15) is 38.5 Å². The van der Waals surface area contributed by atoms with E-state index in [9.17, 15) is 9.18 Å². The fraction of sp³-hybridized carbons (Fsp3) is 0.273. The van der Waals surface area contributed by atoms with E-state index in [0.717, 1.165) is 12.2 Å². The van der Waals surface area contributed by atoms with Gasteiger partial charge in [-0.15, -0.1) is 10.2 Å². The molecule has 1 aliphatic heterocycles. The maximum atomic E-state index is 15.0. The fourth-order valence-corrected chi connectivity index (χ4v) is 4.23. The van der Waals surface area contributed by atoms with Gasteiger partial charge in [-0.05, 0) is 24.6 Å². The number of nitrogens with zero attached hydrogens (tertiary/aromatic N) is 4. The summed E-state index contributed by atoms with van der Waals surface area (Å²) >= 11 is 7.82. The van der Waals surface area contributed by atoms with Crippen LogP contribution in [-0.2, 0) is 4.79 Å². The standard InChI is InChI=1S/C22H20ClFN4O2S/c1-3-12-31-22-25-20-19(26-27-22)13-8-5-6-11-16(13)28(17(29)4-2)21(30-20)18-14(23)9-7-10-15(18)24/h5-11,21H,3-4,12H2,1-2H3/t21-/m1/s1. The Kier molecular flexibility index (Phi) is 6.38. The first kappa shape index (κ1) is 21.5. The minimum Gasteiger partial charge on any atom is -0.447 e. The van der Waals surface area contributed by atoms with Crippen LogP contribution in [0.15, 0.2) is 47.6 Å². The van der Waals surface area contributed by atoms with Crippen molar-refractivity contribution in [1.29, 1.82) is 0 Å². The Labute approximate surface area is 188 Å². The predicted octanol–water partition coefficient (Wildman–Crippen LogP) is 5.67. The first-order valence-electron chi connectivity index (χ1n) is 9.94. The number of anilines is 1. The van der Waals surface area contributed by atoms with Crippen molar-refractivity contribution >= 4 is 35.0 Å². The number of fused-ring (bicyclic) bond motifs is 3. The van der Waals surface area contributed by atoms with Gasteiger partial charge in [-0.25, -0.2) is 4.39 Å². The van der Waals surface area contributed by atoms with Crippen molar-refractivity contribution in [3.05, 3.63) is 58.9 Å². The highest BCUT2D eigenvalue weighted by molar-refractivity contribution is 7.99. The van der Waals surface area contributed by atoms with Gasteiger partial charge < -0.3 is 4.74 Å². The summed E-state index contributed by atoms with van der Waals surface area (Å²) in [5, 5.41) is 9.16. The highest BCUT2D eigenvalue weighted by Gasteiger charge is 2.37. The summed E-state index contributed by atoms with van der Waals surface area (Å²) in [7, 11) is 0. The average Bonchev–Trinajstić information content (AvgIpc) is 2.91. The van der Waals surface area contributed by atoms with Crippen LogP contribution in [0.5, 0.6) is 5.88 Å². The van der Waals surface area contributed by atoms with Crippen molar-refractivity contribution in [3.8, 4) is 17.1 Å². The van der Waals surface area contributed by atoms with E-state index in [-0.39, 0.29) is 28.8 Å². The van der Waals surface area contributed by atoms with Crippen LogP contribution in [0.3, 0.4) is 0 Å². The number of hydrogen-bond acceptors (Lipinski definition) is 6. The third-order valence-electron chi connectivity index (χ3n) is 4.76. The molecule has 31 heavy (non-hydrogen) atoms. The normalized spacial score (nSPS) is 15.0. The average molecular weight is 459 g/mol. The summed E-state index contributed by atoms with van der Waals surface area (Å²) in [6.45, 7) is 3.79. The number of ether oxygens (including phenoxy) is 1. The Bertz CT molecular complexity index is 1110. The molecule has 160 valence electrons. The Hall–Kier alpha value is -2.71. The molecular formula is C22H20ClFN4O2S. The van der Waals surface area contributed by atoms with Crippen molar-refractivity contribution in [2.75, 3.05) is 10.7 Å². The summed E-state index contributed by atoms with van der Waals surface area (Å²) in [4.78, 5) is 19.0. The van der Waals surface area contributed by atoms with Crippen LogP contribution in [0.2, 0.25) is 5.02 Å². The molecule has 0 N–H and O–H groups in total. The highest BCUT2D eigenvalue weighted by Crippen LogP contribution is 2.45. The second-order valence-corrected chi connectivity index (χ2v) is 8.31. The van der Waals surface area contributed by atoms with E-state index in [1.807, 2.05) is 12.1 Å². The summed E-state index contributed by atoms with van der Waals surface area (Å²) in [5.74, 6) is 0.171. The van der Waals surface area contributed by atoms with Crippen LogP contribution in [0.4, 0.5) is 10.1 Å². The quantitative estimate of drug-likeness (QED) is 0.459. The van der Waals surface area contributed by atoms with E-state index in [1.54, 1.807) is 25.1 Å². The van der Waals surface area contributed by atoms with Gasteiger partial charge >= 0.3 is 0 Å². The first-order valence-corrected chi connectivity index (χ1v) is 11.3. The number of aromatic nitrogens is 3. The van der Waals surface area contributed by atoms with Crippen molar-refractivity contribution in [1.82, 2.24) is 15.2 Å². The number of carbonyl (C=O) groups is 1. The topological polar surface area (TPSA) is 68.2 Å². The zero-order valence-electron chi connectivity index (χ0n) is 17.0. The number of para-hydroxylation sites is 1. The van der Waals surface area contributed by atoms with E-state index >= 15 is 0 Å². The Morgan fingerprint density at radius 2 is 2.00 bits per heavy atom. The summed E-state index contributed by atoms with van der Waals surface area (Å²) in [6.07, 6.45) is -0.0155. The molecule has 0 unspecified atom stereocenters. The smallest absolute Gasteiger partial charge is 0.247 e. The lowest BCUT2D eigenvalue weighted by Crippen LogP contribution is -2.38. The lowest BCUT2D eigenvalue weighted by molar-refractivity contribution is -0.120. The monoisotopic (exact) mass is 458 g/mol. The van der Waals surface area contributed by atoms with Crippen molar-refractivity contribution in [2.24, 2.45) is 0 Å². The van der Waals surface area contributed by atoms with Gasteiger partial charge in [0.05, 0.1) is 16.3 Å². The Morgan fingerprint density at radius 1 is 1.19 bits per heavy atom. The van der Waals surface area contributed by atoms with E-state index in [1.165, 1.54) is 28.8 Å². The fourth-order valence-electron chi connectivity index (χ4n) is 3.34. The summed E-state index contributed by atoms with van der Waals surface area (Å²) < 4.78 is 21.1. The van der Waals surface area contributed by atoms with Gasteiger partial charge in [-0.1, -0.05) is 61.5 Å². The number of amides is 1. The predicted molar refractivity (Wildman–Crippen MR) is 119 cm³/mol. The molecule has 6 nitrogen and oxygen atoms in total. The van der Waals surface area contributed by atoms with E-state index in [4.69, 9.17) is 16.3 Å². The van der Waals surface area contributed by atoms with E-state index < -0.39 is 12.0 Å². The SMILES string of the molecule is CCCSc1nnc2c(n1)O[C@H](c1c(F)cccc1Cl)N(C(=O)CC)c1ccccc1-2. The van der Waals surface area contributed by atoms with Gasteiger partial charge in [0.15, 0.2) is 5.69 Å². The molecule has 0 bridgehead atoms. The molecular weight excluding hydrogens is 439 g/mol. The molecule has 0 fully saturated rings. The zero-order valence-corrected chi connectivity index (χ0v) is 18.6. The lowest BCUT2D eigenvalue weighted by Gasteiger charge is -2.31. The van der Waals surface area contributed by atoms with Gasteiger partial charge in [-0.2, -0.15) is 4.98 Å². The minimum atomic E-state index is -1.15. The molecule has 0 aliphatic carbocycles. The number of halogens is 2. The molecule has 4 rings (SSSR count). The molecule has 0 spiro atoms. The number of thioether (sulfide) groups is 1. The summed E-state index contributed by atoms with van der Waals surface area (Å²) in [5.41, 5.74) is 1.61. The molecule has 3 aromatic rings. The van der Waals surface area contributed by atoms with E-state index in [2.05, 4.69) is 22.1 Å². The van der Waals surface area contributed by atoms with Crippen LogP contribution < -0.4 is 9.64 Å². The number of hydrogen-bond donors (Lipinski definition) is 0. The third kappa shape index (κ3) is 4.09. The van der Waals surface area contributed by atoms with Gasteiger partial charge in [0.25, 0.3) is 0 Å². The van der Waals surface area contributed by atoms with Crippen LogP contribution in [-0.4, -0.2) is 26.8 Å². The first-order chi connectivity index (χ1) is 15.0. The van der Waals surface area contributed by atoms with Gasteiger partial charge in [0.1, 0.15) is 5.82 Å². The molecule has 0 saturated heterocycles. The zero-order chi connectivity index (χ0) is 22.0. The van der Waals surface area contributed by atoms with Crippen LogP contribution >= 0.6 is 23.4 Å². The third-order valence-corrected chi connectivity index (χ3v) is 6.14. The molecule has 2 aromatic carbocycles. The maximum Gasteiger partial charge on any atom is 0.247 e. The van der Waals surface area contributed by atoms with Gasteiger partial charge in [-0.3, -0.25) is 9.69 Å². The van der Waals surface area contributed by atoms with E-state index in [0.29, 0.717) is 22.1 Å². The number of benzene rings is 2. The second-order valence-electron chi connectivity index (χ2n) is 6.84. The van der Waals surface area contributed by atoms with Crippen LogP contribution in [0.25, 0.3) is 11.3 Å². The lowest BCUT2D eigenvalue weighted by atomic mass is 10.1. The Morgan fingerprint density at radius 3 is 2.74 bits per heavy atom. The molecule has 1 amide bonds. The molecule has 1 atom stereocenters. The minimum absolute atomic E-state index is 0.0648. The Balaban J connectivity index is 1.96. The summed E-state index contributed by atoms with van der Waals surface area (Å²) in [6, 6.07) is 11.6.